The highest BCUT2D eigenvalue weighted by Gasteiger charge is 2.28. The van der Waals surface area contributed by atoms with Gasteiger partial charge in [0.2, 0.25) is 0 Å². The molecule has 106 valence electrons. The lowest BCUT2D eigenvalue weighted by atomic mass is 10.3. The molecule has 2 aromatic rings. The summed E-state index contributed by atoms with van der Waals surface area (Å²) in [6.45, 7) is 4.81. The first-order chi connectivity index (χ1) is 9.56. The van der Waals surface area contributed by atoms with E-state index in [1.807, 2.05) is 26.4 Å². The van der Waals surface area contributed by atoms with Crippen molar-refractivity contribution in [1.82, 2.24) is 15.0 Å². The smallest absolute Gasteiger partial charge is 0.137 e. The lowest BCUT2D eigenvalue weighted by molar-refractivity contribution is 0.847. The number of hydrogen-bond donors (Lipinski definition) is 0. The zero-order chi connectivity index (χ0) is 14.3. The number of hydrogen-bond acceptors (Lipinski definition) is 5. The molecule has 20 heavy (non-hydrogen) atoms. The highest BCUT2D eigenvalue weighted by atomic mass is 35.5. The van der Waals surface area contributed by atoms with Crippen molar-refractivity contribution in [2.45, 2.75) is 39.2 Å². The largest absolute Gasteiger partial charge is 0.354 e. The number of halogens is 1. The summed E-state index contributed by atoms with van der Waals surface area (Å²) in [6.07, 6.45) is 2.35. The second-order valence-electron chi connectivity index (χ2n) is 5.31. The maximum absolute atomic E-state index is 6.26. The van der Waals surface area contributed by atoms with Crippen LogP contribution < -0.4 is 4.90 Å². The Hall–Kier alpha value is -1.20. The molecule has 4 nitrogen and oxygen atoms in total. The molecule has 6 heteroatoms. The van der Waals surface area contributed by atoms with Gasteiger partial charge in [-0.25, -0.2) is 15.0 Å². The molecule has 0 bridgehead atoms. The minimum absolute atomic E-state index is 0.505. The number of thiazole rings is 1. The number of aromatic nitrogens is 3. The molecule has 3 rings (SSSR count). The van der Waals surface area contributed by atoms with Crippen molar-refractivity contribution in [2.24, 2.45) is 0 Å². The molecule has 0 amide bonds. The Morgan fingerprint density at radius 2 is 2.10 bits per heavy atom. The van der Waals surface area contributed by atoms with E-state index in [0.29, 0.717) is 11.1 Å². The zero-order valence-corrected chi connectivity index (χ0v) is 13.4. The van der Waals surface area contributed by atoms with Gasteiger partial charge in [0.05, 0.1) is 17.7 Å². The first-order valence-corrected chi connectivity index (χ1v) is 7.96. The monoisotopic (exact) mass is 308 g/mol. The highest BCUT2D eigenvalue weighted by Crippen LogP contribution is 2.40. The lowest BCUT2D eigenvalue weighted by Crippen LogP contribution is -2.20. The highest BCUT2D eigenvalue weighted by molar-refractivity contribution is 7.09. The minimum atomic E-state index is 0.505. The van der Waals surface area contributed by atoms with Crippen molar-refractivity contribution in [3.05, 3.63) is 32.6 Å². The van der Waals surface area contributed by atoms with E-state index in [9.17, 15) is 0 Å². The number of anilines is 1. The van der Waals surface area contributed by atoms with Gasteiger partial charge >= 0.3 is 0 Å². The quantitative estimate of drug-likeness (QED) is 0.807. The second kappa shape index (κ2) is 5.30. The Bertz CT molecular complexity index is 636. The van der Waals surface area contributed by atoms with E-state index in [4.69, 9.17) is 16.6 Å². The van der Waals surface area contributed by atoms with E-state index in [0.717, 1.165) is 29.4 Å². The molecule has 1 fully saturated rings. The van der Waals surface area contributed by atoms with Crippen LogP contribution in [0.1, 0.15) is 40.7 Å². The van der Waals surface area contributed by atoms with Gasteiger partial charge in [-0.05, 0) is 26.7 Å². The van der Waals surface area contributed by atoms with Crippen molar-refractivity contribution in [3.63, 3.8) is 0 Å². The Balaban J connectivity index is 1.90. The Morgan fingerprint density at radius 1 is 1.35 bits per heavy atom. The number of aryl methyl sites for hydroxylation is 1. The van der Waals surface area contributed by atoms with E-state index in [2.05, 4.69) is 14.9 Å². The predicted molar refractivity (Wildman–Crippen MR) is 82.7 cm³/mol. The average molecular weight is 309 g/mol. The standard InChI is InChI=1S/C14H17ClN4S/c1-8-12(15)17-13(10-4-5-10)18-14(8)19(3)6-11-9(2)16-7-20-11/h7,10H,4-6H2,1-3H3. The van der Waals surface area contributed by atoms with Crippen molar-refractivity contribution < 1.29 is 0 Å². The molecule has 1 aliphatic carbocycles. The fraction of sp³-hybridized carbons (Fsp3) is 0.500. The second-order valence-corrected chi connectivity index (χ2v) is 6.61. The molecular weight excluding hydrogens is 292 g/mol. The maximum Gasteiger partial charge on any atom is 0.137 e. The molecule has 0 radical (unpaired) electrons. The van der Waals surface area contributed by atoms with E-state index >= 15 is 0 Å². The topological polar surface area (TPSA) is 41.9 Å². The third-order valence-electron chi connectivity index (χ3n) is 3.61. The molecule has 1 saturated carbocycles. The first-order valence-electron chi connectivity index (χ1n) is 6.70. The third-order valence-corrected chi connectivity index (χ3v) is 4.90. The van der Waals surface area contributed by atoms with Gasteiger partial charge < -0.3 is 4.90 Å². The van der Waals surface area contributed by atoms with Gasteiger partial charge in [-0.1, -0.05) is 11.6 Å². The summed E-state index contributed by atoms with van der Waals surface area (Å²) in [5, 5.41) is 0.574. The number of nitrogens with zero attached hydrogens (tertiary/aromatic N) is 4. The van der Waals surface area contributed by atoms with Gasteiger partial charge in [0, 0.05) is 23.4 Å². The zero-order valence-electron chi connectivity index (χ0n) is 11.9. The molecule has 0 saturated heterocycles. The van der Waals surface area contributed by atoms with E-state index in [1.54, 1.807) is 11.3 Å². The summed E-state index contributed by atoms with van der Waals surface area (Å²) in [5.41, 5.74) is 3.91. The van der Waals surface area contributed by atoms with Gasteiger partial charge in [0.25, 0.3) is 0 Å². The summed E-state index contributed by atoms with van der Waals surface area (Å²) in [6, 6.07) is 0. The van der Waals surface area contributed by atoms with Crippen LogP contribution in [0.15, 0.2) is 5.51 Å². The summed E-state index contributed by atoms with van der Waals surface area (Å²) >= 11 is 7.94. The SMILES string of the molecule is Cc1ncsc1CN(C)c1nc(C2CC2)nc(Cl)c1C. The van der Waals surface area contributed by atoms with Crippen LogP contribution in [0, 0.1) is 13.8 Å². The van der Waals surface area contributed by atoms with Crippen molar-refractivity contribution in [1.29, 1.82) is 0 Å². The number of rotatable bonds is 4. The van der Waals surface area contributed by atoms with Gasteiger partial charge in [0.15, 0.2) is 0 Å². The molecule has 2 aromatic heterocycles. The molecule has 0 aromatic carbocycles. The summed E-state index contributed by atoms with van der Waals surface area (Å²) in [4.78, 5) is 16.8. The summed E-state index contributed by atoms with van der Waals surface area (Å²) in [7, 11) is 2.04. The van der Waals surface area contributed by atoms with Crippen LogP contribution in [0.3, 0.4) is 0 Å². The Morgan fingerprint density at radius 3 is 2.70 bits per heavy atom. The predicted octanol–water partition coefficient (Wildman–Crippen LogP) is 3.72. The molecular formula is C14H17ClN4S. The van der Waals surface area contributed by atoms with E-state index in [-0.39, 0.29) is 0 Å². The van der Waals surface area contributed by atoms with Crippen molar-refractivity contribution >= 4 is 28.8 Å². The first kappa shape index (κ1) is 13.8. The van der Waals surface area contributed by atoms with Crippen LogP contribution in [0.25, 0.3) is 0 Å². The summed E-state index contributed by atoms with van der Waals surface area (Å²) in [5.74, 6) is 2.33. The Kier molecular flexibility index (Phi) is 3.65. The van der Waals surface area contributed by atoms with Gasteiger partial charge in [-0.3, -0.25) is 0 Å². The van der Waals surface area contributed by atoms with E-state index < -0.39 is 0 Å². The average Bonchev–Trinajstić information content (AvgIpc) is 3.18. The van der Waals surface area contributed by atoms with Gasteiger partial charge in [-0.15, -0.1) is 11.3 Å². The molecule has 0 aliphatic heterocycles. The molecule has 0 unspecified atom stereocenters. The molecule has 1 aliphatic rings. The van der Waals surface area contributed by atoms with Gasteiger partial charge in [-0.2, -0.15) is 0 Å². The van der Waals surface area contributed by atoms with Crippen LogP contribution in [-0.2, 0) is 6.54 Å². The van der Waals surface area contributed by atoms with Crippen molar-refractivity contribution in [2.75, 3.05) is 11.9 Å². The fourth-order valence-corrected chi connectivity index (χ4v) is 3.16. The normalized spacial score (nSPS) is 14.6. The lowest BCUT2D eigenvalue weighted by Gasteiger charge is -2.20. The van der Waals surface area contributed by atoms with Crippen LogP contribution in [0.4, 0.5) is 5.82 Å². The van der Waals surface area contributed by atoms with Crippen LogP contribution >= 0.6 is 22.9 Å². The van der Waals surface area contributed by atoms with Gasteiger partial charge in [0.1, 0.15) is 16.8 Å². The van der Waals surface area contributed by atoms with Crippen LogP contribution in [0.5, 0.6) is 0 Å². The summed E-state index contributed by atoms with van der Waals surface area (Å²) < 4.78 is 0. The van der Waals surface area contributed by atoms with Crippen LogP contribution in [-0.4, -0.2) is 22.0 Å². The van der Waals surface area contributed by atoms with Crippen molar-refractivity contribution in [3.8, 4) is 0 Å². The molecule has 0 spiro atoms. The molecule has 0 N–H and O–H groups in total. The Labute approximate surface area is 127 Å². The third kappa shape index (κ3) is 2.65. The fourth-order valence-electron chi connectivity index (χ4n) is 2.16. The maximum atomic E-state index is 6.26. The minimum Gasteiger partial charge on any atom is -0.354 e. The molecule has 0 atom stereocenters. The van der Waals surface area contributed by atoms with Crippen LogP contribution in [0.2, 0.25) is 5.15 Å². The molecule has 2 heterocycles. The van der Waals surface area contributed by atoms with E-state index in [1.165, 1.54) is 17.7 Å².